The van der Waals surface area contributed by atoms with Crippen LogP contribution in [0.4, 0.5) is 8.78 Å². The van der Waals surface area contributed by atoms with Gasteiger partial charge >= 0.3 is 11.5 Å². The van der Waals surface area contributed by atoms with Crippen molar-refractivity contribution in [2.24, 2.45) is 14.1 Å². The zero-order valence-electron chi connectivity index (χ0n) is 32.8. The third kappa shape index (κ3) is 6.75. The first kappa shape index (κ1) is 38.1. The second kappa shape index (κ2) is 14.8. The molecule has 20 heteroatoms. The lowest BCUT2D eigenvalue weighted by atomic mass is 10.0. The molecule has 310 valence electrons. The second-order valence-electron chi connectivity index (χ2n) is 14.8. The lowest BCUT2D eigenvalue weighted by molar-refractivity contribution is 0.283. The number of hydrogen-bond donors (Lipinski definition) is 0. The second-order valence-corrected chi connectivity index (χ2v) is 14.8. The van der Waals surface area contributed by atoms with Crippen LogP contribution in [0.15, 0.2) is 126 Å². The van der Waals surface area contributed by atoms with Crippen molar-refractivity contribution in [3.8, 4) is 11.4 Å². The van der Waals surface area contributed by atoms with Gasteiger partial charge in [0.2, 0.25) is 11.8 Å². The predicted molar refractivity (Wildman–Crippen MR) is 220 cm³/mol. The van der Waals surface area contributed by atoms with Crippen LogP contribution >= 0.6 is 0 Å². The Bertz CT molecular complexity index is 3630. The smallest absolute Gasteiger partial charge is 0.390 e. The molecule has 0 bridgehead atoms. The van der Waals surface area contributed by atoms with Gasteiger partial charge in [-0.05, 0) is 50.9 Å². The van der Waals surface area contributed by atoms with Crippen LogP contribution in [0.5, 0.6) is 0 Å². The van der Waals surface area contributed by atoms with Gasteiger partial charge in [-0.25, -0.2) is 38.3 Å². The van der Waals surface area contributed by atoms with Gasteiger partial charge in [-0.1, -0.05) is 60.7 Å². The number of aromatic nitrogens is 12. The van der Waals surface area contributed by atoms with Gasteiger partial charge in [0.15, 0.2) is 22.3 Å². The maximum Gasteiger partial charge on any atom is 0.437 e. The Balaban J connectivity index is 0.840. The number of aryl methyl sites for hydroxylation is 2. The fourth-order valence-electron chi connectivity index (χ4n) is 7.55. The minimum Gasteiger partial charge on any atom is -0.390 e. The van der Waals surface area contributed by atoms with E-state index < -0.39 is 41.5 Å². The summed E-state index contributed by atoms with van der Waals surface area (Å²) in [4.78, 5) is 69.1. The standard InChI is InChI=1S/C42H32F2N12O6/c1-51-20-45-36-34(51)39(57)53(21-46-36)18-32-49-56(41(59)61-32)17-31(44)28-11-8-26-15-29(12-9-25(26)14-28)38-48-37-35(52(38)2)40(58)54(22-47-37)19-33-50-55(42(60)62-33)16-30(43)27-10-7-23-5-3-4-6-24(23)13-27/h3-15,20-22,30-31H,16-19H2,1-2H3/t30-,31+/m0/s1. The van der Waals surface area contributed by atoms with Gasteiger partial charge in [0.1, 0.15) is 43.9 Å². The first-order valence-electron chi connectivity index (χ1n) is 19.2. The molecule has 0 aliphatic heterocycles. The van der Waals surface area contributed by atoms with Gasteiger partial charge in [-0.15, -0.1) is 10.2 Å². The number of nitrogens with zero attached hydrogens (tertiary/aromatic N) is 12. The number of rotatable bonds is 11. The van der Waals surface area contributed by atoms with E-state index in [2.05, 4.69) is 30.1 Å². The quantitative estimate of drug-likeness (QED) is 0.178. The molecule has 6 aromatic heterocycles. The first-order valence-corrected chi connectivity index (χ1v) is 19.2. The number of hydrogen-bond acceptors (Lipinski definition) is 12. The fraction of sp³-hybridized carbons (Fsp3) is 0.190. The monoisotopic (exact) mass is 838 g/mol. The average Bonchev–Trinajstić information content (AvgIpc) is 4.03. The minimum absolute atomic E-state index is 0.0866. The van der Waals surface area contributed by atoms with Crippen LogP contribution in [0.25, 0.3) is 55.3 Å². The van der Waals surface area contributed by atoms with Crippen LogP contribution in [0.3, 0.4) is 0 Å². The van der Waals surface area contributed by atoms with Crippen molar-refractivity contribution in [3.05, 3.63) is 163 Å². The highest BCUT2D eigenvalue weighted by Gasteiger charge is 2.21. The van der Waals surface area contributed by atoms with Gasteiger partial charge in [-0.2, -0.15) is 9.36 Å². The predicted octanol–water partition coefficient (Wildman–Crippen LogP) is 4.36. The van der Waals surface area contributed by atoms with Crippen LogP contribution in [0.1, 0.15) is 35.3 Å². The van der Waals surface area contributed by atoms with E-state index in [1.54, 1.807) is 61.1 Å². The molecule has 0 saturated carbocycles. The fourth-order valence-corrected chi connectivity index (χ4v) is 7.55. The molecular formula is C42H32F2N12O6. The lowest BCUT2D eigenvalue weighted by Crippen LogP contribution is -2.23. The summed E-state index contributed by atoms with van der Waals surface area (Å²) in [6, 6.07) is 23.2. The maximum atomic E-state index is 15.7. The summed E-state index contributed by atoms with van der Waals surface area (Å²) < 4.78 is 48.9. The Kier molecular flexibility index (Phi) is 9.11. The van der Waals surface area contributed by atoms with Crippen molar-refractivity contribution in [2.75, 3.05) is 0 Å². The summed E-state index contributed by atoms with van der Waals surface area (Å²) in [6.45, 7) is -1.23. The van der Waals surface area contributed by atoms with Crippen molar-refractivity contribution < 1.29 is 17.6 Å². The van der Waals surface area contributed by atoms with E-state index in [1.165, 1.54) is 32.7 Å². The minimum atomic E-state index is -1.63. The van der Waals surface area contributed by atoms with E-state index in [-0.39, 0.29) is 53.7 Å². The summed E-state index contributed by atoms with van der Waals surface area (Å²) in [6.07, 6.45) is 0.860. The molecule has 0 fully saturated rings. The van der Waals surface area contributed by atoms with E-state index in [0.29, 0.717) is 27.9 Å². The van der Waals surface area contributed by atoms with Gasteiger partial charge in [0.05, 0.1) is 19.4 Å². The molecule has 62 heavy (non-hydrogen) atoms. The third-order valence-electron chi connectivity index (χ3n) is 10.8. The highest BCUT2D eigenvalue weighted by Crippen LogP contribution is 2.29. The summed E-state index contributed by atoms with van der Waals surface area (Å²) in [5, 5.41) is 11.6. The molecule has 18 nitrogen and oxygen atoms in total. The van der Waals surface area contributed by atoms with E-state index in [1.807, 2.05) is 36.4 Å². The summed E-state index contributed by atoms with van der Waals surface area (Å²) in [5.74, 6) is -1.48. The Morgan fingerprint density at radius 3 is 1.76 bits per heavy atom. The zero-order valence-corrected chi connectivity index (χ0v) is 32.8. The zero-order chi connectivity index (χ0) is 42.8. The van der Waals surface area contributed by atoms with Crippen LogP contribution in [0, 0.1) is 0 Å². The van der Waals surface area contributed by atoms with Crippen LogP contribution < -0.4 is 22.6 Å². The Labute approximate surface area is 345 Å². The normalized spacial score (nSPS) is 12.9. The number of halogens is 2. The van der Waals surface area contributed by atoms with Crippen LogP contribution in [0.2, 0.25) is 0 Å². The molecule has 0 aliphatic carbocycles. The molecule has 0 amide bonds. The Hall–Kier alpha value is -8.16. The van der Waals surface area contributed by atoms with Crippen molar-refractivity contribution in [2.45, 2.75) is 38.5 Å². The molecule has 0 aliphatic rings. The van der Waals surface area contributed by atoms with Gasteiger partial charge in [0.25, 0.3) is 11.1 Å². The number of fused-ring (bicyclic) bond motifs is 4. The molecule has 10 aromatic rings. The van der Waals surface area contributed by atoms with E-state index in [9.17, 15) is 19.2 Å². The molecule has 0 N–H and O–H groups in total. The summed E-state index contributed by atoms with van der Waals surface area (Å²) in [7, 11) is 3.34. The Morgan fingerprint density at radius 2 is 1.11 bits per heavy atom. The topological polar surface area (TPSA) is 201 Å². The van der Waals surface area contributed by atoms with Crippen LogP contribution in [-0.2, 0) is 40.3 Å². The molecular weight excluding hydrogens is 807 g/mol. The van der Waals surface area contributed by atoms with Gasteiger partial charge in [-0.3, -0.25) is 18.7 Å². The molecule has 0 spiro atoms. The third-order valence-corrected chi connectivity index (χ3v) is 10.8. The largest absolute Gasteiger partial charge is 0.437 e. The molecule has 0 saturated heterocycles. The van der Waals surface area contributed by atoms with E-state index in [0.717, 1.165) is 25.5 Å². The first-order chi connectivity index (χ1) is 30.0. The van der Waals surface area contributed by atoms with Gasteiger partial charge in [0, 0.05) is 19.7 Å². The van der Waals surface area contributed by atoms with Crippen molar-refractivity contribution in [1.29, 1.82) is 0 Å². The van der Waals surface area contributed by atoms with E-state index in [4.69, 9.17) is 8.83 Å². The molecule has 6 heterocycles. The van der Waals surface area contributed by atoms with Gasteiger partial charge < -0.3 is 18.0 Å². The summed E-state index contributed by atoms with van der Waals surface area (Å²) in [5.41, 5.74) is 1.40. The highest BCUT2D eigenvalue weighted by atomic mass is 19.1. The summed E-state index contributed by atoms with van der Waals surface area (Å²) >= 11 is 0. The number of benzene rings is 4. The molecule has 0 unspecified atom stereocenters. The van der Waals surface area contributed by atoms with Crippen LogP contribution in [-0.4, -0.2) is 57.8 Å². The lowest BCUT2D eigenvalue weighted by Gasteiger charge is -2.10. The maximum absolute atomic E-state index is 15.7. The van der Waals surface area contributed by atoms with E-state index >= 15 is 8.78 Å². The molecule has 10 rings (SSSR count). The molecule has 4 aromatic carbocycles. The highest BCUT2D eigenvalue weighted by molar-refractivity contribution is 5.88. The number of alkyl halides is 2. The van der Waals surface area contributed by atoms with Crippen molar-refractivity contribution in [1.82, 2.24) is 57.8 Å². The molecule has 2 atom stereocenters. The van der Waals surface area contributed by atoms with Crippen molar-refractivity contribution >= 4 is 43.9 Å². The molecule has 0 radical (unpaired) electrons. The SMILES string of the molecule is Cn1cnc2ncn(Cc3nn(C[C@@H](F)c4ccc5cc(-c6nc7ncn(Cc8nn(C[C@H](F)c9ccc%10ccccc%10c9)c(=O)o8)c(=O)c7n6C)ccc5c4)c(=O)o3)c(=O)c21. The average molecular weight is 839 g/mol. The van der Waals surface area contributed by atoms with Crippen molar-refractivity contribution in [3.63, 3.8) is 0 Å². The number of imidazole rings is 2. The Morgan fingerprint density at radius 1 is 0.597 bits per heavy atom.